The smallest absolute Gasteiger partial charge is 0.229 e. The average molecular weight is 423 g/mol. The zero-order valence-corrected chi connectivity index (χ0v) is 18.5. The van der Waals surface area contributed by atoms with E-state index in [1.54, 1.807) is 0 Å². The normalized spacial score (nSPS) is 24.6. The van der Waals surface area contributed by atoms with E-state index in [-0.39, 0.29) is 12.1 Å². The topological polar surface area (TPSA) is 66.8 Å². The Morgan fingerprint density at radius 3 is 2.39 bits per heavy atom. The van der Waals surface area contributed by atoms with Gasteiger partial charge in [0.15, 0.2) is 5.65 Å². The quantitative estimate of drug-likeness (QED) is 0.747. The summed E-state index contributed by atoms with van der Waals surface area (Å²) in [6.07, 6.45) is 6.42. The van der Waals surface area contributed by atoms with Gasteiger partial charge in [-0.15, -0.1) is 0 Å². The van der Waals surface area contributed by atoms with Crippen LogP contribution in [0.1, 0.15) is 19.5 Å². The van der Waals surface area contributed by atoms with Gasteiger partial charge >= 0.3 is 0 Å². The lowest BCUT2D eigenvalue weighted by atomic mass is 10.1. The second-order valence-electron chi connectivity index (χ2n) is 8.58. The van der Waals surface area contributed by atoms with Gasteiger partial charge in [-0.3, -0.25) is 0 Å². The number of rotatable bonds is 3. The molecule has 0 N–H and O–H groups in total. The summed E-state index contributed by atoms with van der Waals surface area (Å²) in [6.45, 7) is 9.61. The fourth-order valence-corrected chi connectivity index (χ4v) is 4.39. The van der Waals surface area contributed by atoms with Crippen LogP contribution in [0.2, 0.25) is 0 Å². The predicted molar refractivity (Wildman–Crippen MR) is 122 cm³/mol. The molecular formula is C23H30N6O2. The van der Waals surface area contributed by atoms with Gasteiger partial charge in [0.1, 0.15) is 5.82 Å². The number of pyridine rings is 1. The van der Waals surface area contributed by atoms with Gasteiger partial charge in [-0.05, 0) is 26.0 Å². The molecule has 2 atom stereocenters. The molecule has 2 fully saturated rings. The van der Waals surface area contributed by atoms with Crippen LogP contribution in [-0.2, 0) is 9.47 Å². The van der Waals surface area contributed by atoms with Gasteiger partial charge in [-0.1, -0.05) is 12.2 Å². The number of ether oxygens (including phenoxy) is 2. The number of hydrogen-bond donors (Lipinski definition) is 0. The number of likely N-dealkylation sites (N-methyl/N-ethyl adjacent to an activating group) is 1. The minimum atomic E-state index is 0.224. The van der Waals surface area contributed by atoms with E-state index in [4.69, 9.17) is 24.4 Å². The van der Waals surface area contributed by atoms with Crippen molar-refractivity contribution in [2.45, 2.75) is 25.9 Å². The first-order valence-electron chi connectivity index (χ1n) is 11.1. The van der Waals surface area contributed by atoms with Gasteiger partial charge in [-0.25, -0.2) is 4.98 Å². The maximum atomic E-state index is 5.67. The van der Waals surface area contributed by atoms with Crippen molar-refractivity contribution in [1.29, 1.82) is 0 Å². The molecule has 31 heavy (non-hydrogen) atoms. The van der Waals surface area contributed by atoms with E-state index >= 15 is 0 Å². The van der Waals surface area contributed by atoms with Crippen LogP contribution < -0.4 is 9.80 Å². The molecule has 3 aliphatic heterocycles. The molecule has 164 valence electrons. The zero-order chi connectivity index (χ0) is 21.4. The van der Waals surface area contributed by atoms with E-state index in [0.29, 0.717) is 26.4 Å². The lowest BCUT2D eigenvalue weighted by Crippen LogP contribution is -2.46. The van der Waals surface area contributed by atoms with Gasteiger partial charge < -0.3 is 24.2 Å². The summed E-state index contributed by atoms with van der Waals surface area (Å²) >= 11 is 0. The summed E-state index contributed by atoms with van der Waals surface area (Å²) in [4.78, 5) is 21.7. The van der Waals surface area contributed by atoms with Crippen molar-refractivity contribution in [2.24, 2.45) is 0 Å². The van der Waals surface area contributed by atoms with Crippen LogP contribution in [0.4, 0.5) is 11.8 Å². The van der Waals surface area contributed by atoms with Crippen molar-refractivity contribution in [3.63, 3.8) is 0 Å². The van der Waals surface area contributed by atoms with E-state index in [1.807, 2.05) is 0 Å². The van der Waals surface area contributed by atoms with Crippen LogP contribution in [0.25, 0.3) is 16.6 Å². The third-order valence-corrected chi connectivity index (χ3v) is 6.14. The predicted octanol–water partition coefficient (Wildman–Crippen LogP) is 2.32. The van der Waals surface area contributed by atoms with Gasteiger partial charge in [0, 0.05) is 38.5 Å². The van der Waals surface area contributed by atoms with Crippen molar-refractivity contribution in [1.82, 2.24) is 19.9 Å². The fraction of sp³-hybridized carbons (Fsp3) is 0.522. The van der Waals surface area contributed by atoms with E-state index in [2.05, 4.69) is 66.1 Å². The van der Waals surface area contributed by atoms with Crippen molar-refractivity contribution in [3.05, 3.63) is 36.2 Å². The number of aromatic nitrogens is 3. The highest BCUT2D eigenvalue weighted by Gasteiger charge is 2.27. The highest BCUT2D eigenvalue weighted by molar-refractivity contribution is 5.90. The monoisotopic (exact) mass is 422 g/mol. The number of allylic oxidation sites excluding steroid dienone is 2. The van der Waals surface area contributed by atoms with Crippen LogP contribution in [0.5, 0.6) is 0 Å². The molecule has 3 aliphatic rings. The molecule has 0 bridgehead atoms. The van der Waals surface area contributed by atoms with Crippen LogP contribution >= 0.6 is 0 Å². The fourth-order valence-electron chi connectivity index (χ4n) is 4.39. The first-order chi connectivity index (χ1) is 15.1. The minimum Gasteiger partial charge on any atom is -0.377 e. The van der Waals surface area contributed by atoms with Crippen molar-refractivity contribution in [3.8, 4) is 0 Å². The molecule has 0 spiro atoms. The molecule has 5 rings (SSSR count). The highest BCUT2D eigenvalue weighted by Crippen LogP contribution is 2.31. The van der Waals surface area contributed by atoms with Gasteiger partial charge in [0.05, 0.1) is 49.6 Å². The molecule has 5 heterocycles. The van der Waals surface area contributed by atoms with Crippen molar-refractivity contribution < 1.29 is 9.47 Å². The van der Waals surface area contributed by atoms with Crippen molar-refractivity contribution in [2.75, 3.05) is 62.9 Å². The molecule has 2 saturated heterocycles. The molecule has 2 aromatic rings. The number of morpholine rings is 2. The third kappa shape index (κ3) is 3.97. The molecule has 0 amide bonds. The zero-order valence-electron chi connectivity index (χ0n) is 18.5. The number of hydrogen-bond acceptors (Lipinski definition) is 8. The Kier molecular flexibility index (Phi) is 5.50. The molecule has 8 heteroatoms. The summed E-state index contributed by atoms with van der Waals surface area (Å²) in [5, 5.41) is 0.982. The standard InChI is InChI=1S/C23H30N6O2/c1-16-14-30-11-9-28(16)22-19-6-7-20(18-5-4-8-27(3)13-18)24-21(19)25-23(26-22)29-10-12-31-15-17(29)2/h4-7,13,16-17H,8-12,14-15H2,1-3H3/t16-,17-/m0/s1. The maximum Gasteiger partial charge on any atom is 0.229 e. The van der Waals surface area contributed by atoms with E-state index < -0.39 is 0 Å². The van der Waals surface area contributed by atoms with Crippen LogP contribution in [0, 0.1) is 0 Å². The summed E-state index contributed by atoms with van der Waals surface area (Å²) in [5.74, 6) is 1.67. The SMILES string of the molecule is C[C@H]1COCCN1c1nc(N2CCOC[C@@H]2C)c2ccc(C3=CN(C)CC=C3)nc2n1. The summed E-state index contributed by atoms with van der Waals surface area (Å²) in [5.41, 5.74) is 2.75. The second kappa shape index (κ2) is 8.43. The lowest BCUT2D eigenvalue weighted by Gasteiger charge is -2.37. The molecule has 0 aliphatic carbocycles. The second-order valence-corrected chi connectivity index (χ2v) is 8.58. The number of nitrogens with zero attached hydrogens (tertiary/aromatic N) is 6. The maximum absolute atomic E-state index is 5.67. The van der Waals surface area contributed by atoms with Crippen LogP contribution in [0.3, 0.4) is 0 Å². The average Bonchev–Trinajstić information content (AvgIpc) is 2.79. The van der Waals surface area contributed by atoms with Gasteiger partial charge in [0.2, 0.25) is 5.95 Å². The first-order valence-corrected chi connectivity index (χ1v) is 11.1. The summed E-state index contributed by atoms with van der Waals surface area (Å²) in [7, 11) is 2.07. The Labute approximate surface area is 183 Å². The van der Waals surface area contributed by atoms with E-state index in [1.165, 1.54) is 0 Å². The third-order valence-electron chi connectivity index (χ3n) is 6.14. The van der Waals surface area contributed by atoms with E-state index in [0.717, 1.165) is 53.7 Å². The Morgan fingerprint density at radius 1 is 0.935 bits per heavy atom. The molecule has 0 aromatic carbocycles. The van der Waals surface area contributed by atoms with Crippen LogP contribution in [-0.4, -0.2) is 85.0 Å². The Balaban J connectivity index is 1.63. The molecular weight excluding hydrogens is 392 g/mol. The highest BCUT2D eigenvalue weighted by atomic mass is 16.5. The Morgan fingerprint density at radius 2 is 1.68 bits per heavy atom. The first kappa shape index (κ1) is 20.2. The molecule has 8 nitrogen and oxygen atoms in total. The largest absolute Gasteiger partial charge is 0.377 e. The van der Waals surface area contributed by atoms with Crippen molar-refractivity contribution >= 4 is 28.4 Å². The van der Waals surface area contributed by atoms with Gasteiger partial charge in [0.25, 0.3) is 0 Å². The molecule has 0 saturated carbocycles. The Bertz CT molecular complexity index is 1020. The summed E-state index contributed by atoms with van der Waals surface area (Å²) in [6, 6.07) is 4.67. The Hall–Kier alpha value is -2.71. The minimum absolute atomic E-state index is 0.224. The van der Waals surface area contributed by atoms with E-state index in [9.17, 15) is 0 Å². The lowest BCUT2D eigenvalue weighted by molar-refractivity contribution is 0.0973. The summed E-state index contributed by atoms with van der Waals surface area (Å²) < 4.78 is 11.3. The molecule has 2 aromatic heterocycles. The van der Waals surface area contributed by atoms with Crippen LogP contribution in [0.15, 0.2) is 30.5 Å². The molecule has 0 unspecified atom stereocenters. The van der Waals surface area contributed by atoms with Gasteiger partial charge in [-0.2, -0.15) is 9.97 Å². The number of anilines is 2. The molecule has 0 radical (unpaired) electrons. The number of fused-ring (bicyclic) bond motifs is 1.